The molecule has 0 unspecified atom stereocenters. The Morgan fingerprint density at radius 2 is 1.35 bits per heavy atom. The van der Waals surface area contributed by atoms with Gasteiger partial charge in [0.05, 0.1) is 14.1 Å². The summed E-state index contributed by atoms with van der Waals surface area (Å²) in [6.07, 6.45) is 0. The standard InChI is InChI=1S/C17H20NO4P/c1-17(16(19)20,18(2,3)21)23(22,14-10-6-4-7-11-14)15-12-8-5-9-13-15/h4-13H,1-3H3,(H,19,20)/t17-/m1/s1. The van der Waals surface area contributed by atoms with Gasteiger partial charge in [-0.2, -0.15) is 0 Å². The van der Waals surface area contributed by atoms with Crippen LogP contribution in [0.1, 0.15) is 6.92 Å². The van der Waals surface area contributed by atoms with Crippen molar-refractivity contribution in [3.05, 3.63) is 65.9 Å². The first-order valence-corrected chi connectivity index (χ1v) is 8.86. The van der Waals surface area contributed by atoms with Crippen LogP contribution in [0.5, 0.6) is 0 Å². The van der Waals surface area contributed by atoms with Gasteiger partial charge < -0.3 is 19.5 Å². The SMILES string of the molecule is C[C@@](C(=O)O)([N+](C)(C)[O-])P(=O)(c1ccccc1)c1ccccc1. The predicted molar refractivity (Wildman–Crippen MR) is 91.3 cm³/mol. The molecule has 0 heterocycles. The molecule has 2 rings (SSSR count). The van der Waals surface area contributed by atoms with Gasteiger partial charge in [-0.15, -0.1) is 0 Å². The Morgan fingerprint density at radius 1 is 1.00 bits per heavy atom. The summed E-state index contributed by atoms with van der Waals surface area (Å²) in [4.78, 5) is 12.1. The molecular weight excluding hydrogens is 313 g/mol. The highest BCUT2D eigenvalue weighted by Crippen LogP contribution is 2.59. The zero-order valence-corrected chi connectivity index (χ0v) is 14.2. The van der Waals surface area contributed by atoms with Gasteiger partial charge >= 0.3 is 5.97 Å². The van der Waals surface area contributed by atoms with Crippen molar-refractivity contribution in [2.75, 3.05) is 14.1 Å². The van der Waals surface area contributed by atoms with Gasteiger partial charge in [-0.1, -0.05) is 60.7 Å². The van der Waals surface area contributed by atoms with Crippen LogP contribution in [-0.2, 0) is 9.36 Å². The number of quaternary nitrogens is 1. The largest absolute Gasteiger partial charge is 0.632 e. The molecule has 122 valence electrons. The molecular formula is C17H20NO4P. The Balaban J connectivity index is 2.89. The van der Waals surface area contributed by atoms with Gasteiger partial charge in [0.25, 0.3) is 5.28 Å². The van der Waals surface area contributed by atoms with Crippen LogP contribution in [0, 0.1) is 5.21 Å². The molecule has 6 heteroatoms. The number of likely N-dealkylation sites (N-methyl/N-ethyl adjacent to an activating group) is 1. The van der Waals surface area contributed by atoms with Gasteiger partial charge in [0.15, 0.2) is 0 Å². The summed E-state index contributed by atoms with van der Waals surface area (Å²) in [5, 5.41) is 21.3. The molecule has 1 N–H and O–H groups in total. The molecule has 0 aromatic heterocycles. The number of carboxylic acids is 1. The molecule has 2 aromatic carbocycles. The maximum atomic E-state index is 14.1. The van der Waals surface area contributed by atoms with Crippen LogP contribution in [0.3, 0.4) is 0 Å². The zero-order chi connectivity index (χ0) is 17.3. The van der Waals surface area contributed by atoms with E-state index in [-0.39, 0.29) is 0 Å². The van der Waals surface area contributed by atoms with E-state index in [1.807, 2.05) is 0 Å². The summed E-state index contributed by atoms with van der Waals surface area (Å²) >= 11 is 0. The molecule has 0 amide bonds. The lowest BCUT2D eigenvalue weighted by Crippen LogP contribution is -2.61. The van der Waals surface area contributed by atoms with E-state index in [9.17, 15) is 19.7 Å². The van der Waals surface area contributed by atoms with E-state index in [4.69, 9.17) is 0 Å². The minimum absolute atomic E-state index is 0.359. The molecule has 0 radical (unpaired) electrons. The van der Waals surface area contributed by atoms with Crippen LogP contribution in [0.2, 0.25) is 0 Å². The van der Waals surface area contributed by atoms with Crippen LogP contribution in [0.15, 0.2) is 60.7 Å². The minimum atomic E-state index is -3.76. The lowest BCUT2D eigenvalue weighted by molar-refractivity contribution is -0.867. The van der Waals surface area contributed by atoms with Gasteiger partial charge in [0.1, 0.15) is 0 Å². The van der Waals surface area contributed by atoms with Crippen molar-refractivity contribution in [2.24, 2.45) is 0 Å². The third kappa shape index (κ3) is 2.61. The van der Waals surface area contributed by atoms with E-state index in [0.717, 1.165) is 0 Å². The van der Waals surface area contributed by atoms with Crippen molar-refractivity contribution in [1.29, 1.82) is 0 Å². The van der Waals surface area contributed by atoms with Crippen LogP contribution in [0.25, 0.3) is 0 Å². The Labute approximate surface area is 135 Å². The number of aliphatic carboxylic acids is 1. The smallest absolute Gasteiger partial charge is 0.374 e. The van der Waals surface area contributed by atoms with E-state index >= 15 is 0 Å². The van der Waals surface area contributed by atoms with E-state index in [1.54, 1.807) is 60.7 Å². The second-order valence-corrected chi connectivity index (χ2v) is 9.08. The first kappa shape index (κ1) is 17.4. The number of nitrogens with zero attached hydrogens (tertiary/aromatic N) is 1. The summed E-state index contributed by atoms with van der Waals surface area (Å²) in [5.41, 5.74) is 0. The zero-order valence-electron chi connectivity index (χ0n) is 13.3. The number of carbonyl (C=O) groups is 1. The second kappa shape index (κ2) is 5.93. The number of hydroxylamine groups is 3. The number of carboxylic acid groups (broad SMARTS) is 1. The third-order valence-corrected chi connectivity index (χ3v) is 8.26. The van der Waals surface area contributed by atoms with Gasteiger partial charge in [-0.3, -0.25) is 0 Å². The van der Waals surface area contributed by atoms with E-state index in [1.165, 1.54) is 21.0 Å². The molecule has 23 heavy (non-hydrogen) atoms. The van der Waals surface area contributed by atoms with Crippen LogP contribution >= 0.6 is 7.14 Å². The molecule has 0 aliphatic heterocycles. The molecule has 0 fully saturated rings. The van der Waals surface area contributed by atoms with Gasteiger partial charge in [-0.05, 0) is 0 Å². The van der Waals surface area contributed by atoms with Crippen LogP contribution in [0.4, 0.5) is 0 Å². The molecule has 0 aliphatic carbocycles. The monoisotopic (exact) mass is 333 g/mol. The quantitative estimate of drug-likeness (QED) is 0.518. The highest BCUT2D eigenvalue weighted by atomic mass is 31.2. The fourth-order valence-corrected chi connectivity index (χ4v) is 6.07. The van der Waals surface area contributed by atoms with Crippen LogP contribution < -0.4 is 10.6 Å². The Kier molecular flexibility index (Phi) is 4.49. The van der Waals surface area contributed by atoms with Gasteiger partial charge in [0, 0.05) is 17.5 Å². The van der Waals surface area contributed by atoms with E-state index < -0.39 is 23.0 Å². The summed E-state index contributed by atoms with van der Waals surface area (Å²) in [5.74, 6) is -1.38. The predicted octanol–water partition coefficient (Wildman–Crippen LogP) is 2.38. The summed E-state index contributed by atoms with van der Waals surface area (Å²) < 4.78 is 12.9. The van der Waals surface area contributed by atoms with Crippen molar-refractivity contribution in [2.45, 2.75) is 12.2 Å². The average Bonchev–Trinajstić information content (AvgIpc) is 2.53. The fourth-order valence-electron chi connectivity index (χ4n) is 2.63. The molecule has 0 aliphatic rings. The summed E-state index contributed by atoms with van der Waals surface area (Å²) in [6, 6.07) is 16.7. The summed E-state index contributed by atoms with van der Waals surface area (Å²) in [6.45, 7) is 1.27. The van der Waals surface area contributed by atoms with E-state index in [0.29, 0.717) is 10.6 Å². The molecule has 0 spiro atoms. The number of rotatable bonds is 5. The minimum Gasteiger partial charge on any atom is -0.632 e. The molecule has 5 nitrogen and oxygen atoms in total. The third-order valence-electron chi connectivity index (χ3n) is 4.31. The Hall–Kier alpha value is -1.94. The average molecular weight is 333 g/mol. The van der Waals surface area contributed by atoms with Crippen molar-refractivity contribution in [3.63, 3.8) is 0 Å². The van der Waals surface area contributed by atoms with E-state index in [2.05, 4.69) is 0 Å². The van der Waals surface area contributed by atoms with Gasteiger partial charge in [-0.25, -0.2) is 4.79 Å². The molecule has 0 saturated heterocycles. The Morgan fingerprint density at radius 3 is 1.61 bits per heavy atom. The normalized spacial score (nSPS) is 15.0. The molecule has 2 aromatic rings. The molecule has 1 atom stereocenters. The maximum absolute atomic E-state index is 14.1. The lowest BCUT2D eigenvalue weighted by atomic mass is 10.3. The van der Waals surface area contributed by atoms with Crippen molar-refractivity contribution >= 4 is 23.7 Å². The molecule has 0 bridgehead atoms. The van der Waals surface area contributed by atoms with Gasteiger partial charge in [0.2, 0.25) is 7.14 Å². The fraction of sp³-hybridized carbons (Fsp3) is 0.235. The number of benzene rings is 2. The first-order chi connectivity index (χ1) is 10.7. The van der Waals surface area contributed by atoms with Crippen molar-refractivity contribution < 1.29 is 19.1 Å². The van der Waals surface area contributed by atoms with Crippen molar-refractivity contribution in [1.82, 2.24) is 0 Å². The second-order valence-electron chi connectivity index (χ2n) is 5.96. The number of hydrogen-bond acceptors (Lipinski definition) is 3. The maximum Gasteiger partial charge on any atom is 0.374 e. The molecule has 0 saturated carbocycles. The van der Waals surface area contributed by atoms with Crippen LogP contribution in [-0.4, -0.2) is 35.1 Å². The van der Waals surface area contributed by atoms with Crippen molar-refractivity contribution in [3.8, 4) is 0 Å². The highest BCUT2D eigenvalue weighted by Gasteiger charge is 2.60. The number of hydrogen-bond donors (Lipinski definition) is 1. The topological polar surface area (TPSA) is 77.4 Å². The Bertz CT molecular complexity index is 697. The first-order valence-electron chi connectivity index (χ1n) is 7.15. The highest BCUT2D eigenvalue weighted by molar-refractivity contribution is 7.80. The lowest BCUT2D eigenvalue weighted by Gasteiger charge is -2.50. The summed E-state index contributed by atoms with van der Waals surface area (Å²) in [7, 11) is -1.33.